The van der Waals surface area contributed by atoms with Gasteiger partial charge in [0, 0.05) is 18.6 Å². The van der Waals surface area contributed by atoms with Gasteiger partial charge in [0.2, 0.25) is 0 Å². The molecule has 0 amide bonds. The zero-order valence-electron chi connectivity index (χ0n) is 11.6. The Hall–Kier alpha value is -1.95. The predicted octanol–water partition coefficient (Wildman–Crippen LogP) is 3.39. The molecule has 0 fully saturated rings. The SMILES string of the molecule is CCNC(Cc1cccc(C(F)(F)F)c1)c1cnccn1. The van der Waals surface area contributed by atoms with Crippen molar-refractivity contribution in [1.29, 1.82) is 0 Å². The van der Waals surface area contributed by atoms with Gasteiger partial charge < -0.3 is 5.32 Å². The van der Waals surface area contributed by atoms with Crippen LogP contribution in [0.5, 0.6) is 0 Å². The van der Waals surface area contributed by atoms with Crippen LogP contribution in [0, 0.1) is 0 Å². The Bertz CT molecular complexity index is 570. The van der Waals surface area contributed by atoms with Crippen molar-refractivity contribution >= 4 is 0 Å². The van der Waals surface area contributed by atoms with Crippen LogP contribution in [0.25, 0.3) is 0 Å². The summed E-state index contributed by atoms with van der Waals surface area (Å²) in [6.07, 6.45) is 0.871. The van der Waals surface area contributed by atoms with E-state index >= 15 is 0 Å². The van der Waals surface area contributed by atoms with Crippen molar-refractivity contribution < 1.29 is 13.2 Å². The van der Waals surface area contributed by atoms with Gasteiger partial charge in [0.1, 0.15) is 0 Å². The van der Waals surface area contributed by atoms with E-state index in [1.54, 1.807) is 24.7 Å². The molecular weight excluding hydrogens is 279 g/mol. The molecular formula is C15H16F3N3. The van der Waals surface area contributed by atoms with Crippen molar-refractivity contribution in [3.05, 3.63) is 59.7 Å². The lowest BCUT2D eigenvalue weighted by atomic mass is 10.0. The molecule has 2 rings (SSSR count). The Kier molecular flexibility index (Phi) is 4.90. The smallest absolute Gasteiger partial charge is 0.309 e. The quantitative estimate of drug-likeness (QED) is 0.919. The second-order valence-corrected chi connectivity index (χ2v) is 4.64. The van der Waals surface area contributed by atoms with Crippen LogP contribution in [0.15, 0.2) is 42.9 Å². The van der Waals surface area contributed by atoms with Crippen molar-refractivity contribution in [2.75, 3.05) is 6.54 Å². The number of hydrogen-bond acceptors (Lipinski definition) is 3. The molecule has 3 nitrogen and oxygen atoms in total. The summed E-state index contributed by atoms with van der Waals surface area (Å²) in [6, 6.07) is 5.22. The molecule has 1 N–H and O–H groups in total. The Labute approximate surface area is 121 Å². The predicted molar refractivity (Wildman–Crippen MR) is 73.6 cm³/mol. The van der Waals surface area contributed by atoms with Crippen molar-refractivity contribution in [2.24, 2.45) is 0 Å². The molecule has 0 saturated heterocycles. The summed E-state index contributed by atoms with van der Waals surface area (Å²) in [5.74, 6) is 0. The number of hydrogen-bond donors (Lipinski definition) is 1. The third-order valence-electron chi connectivity index (χ3n) is 3.08. The molecule has 0 radical (unpaired) electrons. The van der Waals surface area contributed by atoms with Crippen molar-refractivity contribution in [3.63, 3.8) is 0 Å². The van der Waals surface area contributed by atoms with E-state index in [2.05, 4.69) is 15.3 Å². The lowest BCUT2D eigenvalue weighted by molar-refractivity contribution is -0.137. The first-order valence-corrected chi connectivity index (χ1v) is 6.66. The summed E-state index contributed by atoms with van der Waals surface area (Å²) in [5.41, 5.74) is 0.701. The fourth-order valence-electron chi connectivity index (χ4n) is 2.13. The first kappa shape index (κ1) is 15.4. The van der Waals surface area contributed by atoms with E-state index in [1.165, 1.54) is 12.1 Å². The van der Waals surface area contributed by atoms with Gasteiger partial charge in [-0.2, -0.15) is 13.2 Å². The van der Waals surface area contributed by atoms with Gasteiger partial charge in [0.25, 0.3) is 0 Å². The number of rotatable bonds is 5. The van der Waals surface area contributed by atoms with E-state index in [9.17, 15) is 13.2 Å². The van der Waals surface area contributed by atoms with Gasteiger partial charge in [-0.25, -0.2) is 0 Å². The fourth-order valence-corrected chi connectivity index (χ4v) is 2.13. The van der Waals surface area contributed by atoms with E-state index < -0.39 is 11.7 Å². The maximum atomic E-state index is 12.7. The van der Waals surface area contributed by atoms with Gasteiger partial charge in [-0.1, -0.05) is 25.1 Å². The standard InChI is InChI=1S/C15H16F3N3/c1-2-20-13(14-10-19-6-7-21-14)9-11-4-3-5-12(8-11)15(16,17)18/h3-8,10,13,20H,2,9H2,1H3. The number of aromatic nitrogens is 2. The average molecular weight is 295 g/mol. The summed E-state index contributed by atoms with van der Waals surface area (Å²) in [5, 5.41) is 3.22. The number of alkyl halides is 3. The Morgan fingerprint density at radius 3 is 2.67 bits per heavy atom. The van der Waals surface area contributed by atoms with Crippen LogP contribution in [0.4, 0.5) is 13.2 Å². The molecule has 1 unspecified atom stereocenters. The maximum Gasteiger partial charge on any atom is 0.416 e. The highest BCUT2D eigenvalue weighted by atomic mass is 19.4. The highest BCUT2D eigenvalue weighted by Crippen LogP contribution is 2.30. The van der Waals surface area contributed by atoms with Gasteiger partial charge in [-0.05, 0) is 24.6 Å². The number of nitrogens with one attached hydrogen (secondary N) is 1. The molecule has 112 valence electrons. The molecule has 1 aromatic carbocycles. The van der Waals surface area contributed by atoms with Crippen LogP contribution in [0.1, 0.15) is 29.8 Å². The second-order valence-electron chi connectivity index (χ2n) is 4.64. The zero-order chi connectivity index (χ0) is 15.3. The van der Waals surface area contributed by atoms with E-state index in [4.69, 9.17) is 0 Å². The molecule has 0 saturated carbocycles. The van der Waals surface area contributed by atoms with Crippen molar-refractivity contribution in [1.82, 2.24) is 15.3 Å². The number of halogens is 3. The molecule has 0 bridgehead atoms. The molecule has 1 heterocycles. The molecule has 0 spiro atoms. The number of benzene rings is 1. The Morgan fingerprint density at radius 1 is 1.24 bits per heavy atom. The molecule has 0 aliphatic rings. The van der Waals surface area contributed by atoms with Crippen LogP contribution < -0.4 is 5.32 Å². The minimum Gasteiger partial charge on any atom is -0.309 e. The summed E-state index contributed by atoms with van der Waals surface area (Å²) in [7, 11) is 0. The van der Waals surface area contributed by atoms with E-state index in [0.29, 0.717) is 18.5 Å². The molecule has 6 heteroatoms. The highest BCUT2D eigenvalue weighted by molar-refractivity contribution is 5.27. The minimum absolute atomic E-state index is 0.160. The maximum absolute atomic E-state index is 12.7. The van der Waals surface area contributed by atoms with Gasteiger partial charge in [0.15, 0.2) is 0 Å². The van der Waals surface area contributed by atoms with Crippen LogP contribution in [0.3, 0.4) is 0 Å². The second kappa shape index (κ2) is 6.67. The van der Waals surface area contributed by atoms with Crippen LogP contribution in [0.2, 0.25) is 0 Å². The largest absolute Gasteiger partial charge is 0.416 e. The molecule has 21 heavy (non-hydrogen) atoms. The normalized spacial score (nSPS) is 13.1. The lowest BCUT2D eigenvalue weighted by Crippen LogP contribution is -2.24. The first-order chi connectivity index (χ1) is 10.0. The lowest BCUT2D eigenvalue weighted by Gasteiger charge is -2.17. The summed E-state index contributed by atoms with van der Waals surface area (Å²) in [4.78, 5) is 8.22. The minimum atomic E-state index is -4.32. The Morgan fingerprint density at radius 2 is 2.05 bits per heavy atom. The van der Waals surface area contributed by atoms with Gasteiger partial charge >= 0.3 is 6.18 Å². The molecule has 0 aliphatic heterocycles. The topological polar surface area (TPSA) is 37.8 Å². The first-order valence-electron chi connectivity index (χ1n) is 6.66. The summed E-state index contributed by atoms with van der Waals surface area (Å²) >= 11 is 0. The zero-order valence-corrected chi connectivity index (χ0v) is 11.6. The van der Waals surface area contributed by atoms with E-state index in [-0.39, 0.29) is 6.04 Å². The molecule has 1 aromatic heterocycles. The van der Waals surface area contributed by atoms with Crippen molar-refractivity contribution in [2.45, 2.75) is 25.6 Å². The summed E-state index contributed by atoms with van der Waals surface area (Å²) in [6.45, 7) is 2.63. The van der Waals surface area contributed by atoms with Crippen LogP contribution in [-0.4, -0.2) is 16.5 Å². The monoisotopic (exact) mass is 295 g/mol. The Balaban J connectivity index is 2.21. The van der Waals surface area contributed by atoms with Crippen molar-refractivity contribution in [3.8, 4) is 0 Å². The van der Waals surface area contributed by atoms with E-state index in [1.807, 2.05) is 6.92 Å². The van der Waals surface area contributed by atoms with Gasteiger partial charge in [0.05, 0.1) is 17.3 Å². The molecule has 1 atom stereocenters. The average Bonchev–Trinajstić information content (AvgIpc) is 2.47. The third kappa shape index (κ3) is 4.26. The molecule has 0 aliphatic carbocycles. The number of likely N-dealkylation sites (N-methyl/N-ethyl adjacent to an activating group) is 1. The van der Waals surface area contributed by atoms with E-state index in [0.717, 1.165) is 11.8 Å². The van der Waals surface area contributed by atoms with Crippen LogP contribution in [-0.2, 0) is 12.6 Å². The van der Waals surface area contributed by atoms with Gasteiger partial charge in [-0.3, -0.25) is 9.97 Å². The molecule has 2 aromatic rings. The summed E-state index contributed by atoms with van der Waals surface area (Å²) < 4.78 is 38.2. The third-order valence-corrected chi connectivity index (χ3v) is 3.08. The fraction of sp³-hybridized carbons (Fsp3) is 0.333. The number of nitrogens with zero attached hydrogens (tertiary/aromatic N) is 2. The highest BCUT2D eigenvalue weighted by Gasteiger charge is 2.30. The van der Waals surface area contributed by atoms with Crippen LogP contribution >= 0.6 is 0 Å². The van der Waals surface area contributed by atoms with Gasteiger partial charge in [-0.15, -0.1) is 0 Å².